The number of aryl methyl sites for hydroxylation is 1. The van der Waals surface area contributed by atoms with Crippen LogP contribution >= 0.6 is 0 Å². The third kappa shape index (κ3) is 5.78. The van der Waals surface area contributed by atoms with Gasteiger partial charge in [-0.25, -0.2) is 0 Å². The molecule has 1 saturated heterocycles. The van der Waals surface area contributed by atoms with Crippen molar-refractivity contribution in [3.8, 4) is 17.0 Å². The van der Waals surface area contributed by atoms with Gasteiger partial charge in [0.25, 0.3) is 5.91 Å². The van der Waals surface area contributed by atoms with E-state index in [0.717, 1.165) is 41.5 Å². The van der Waals surface area contributed by atoms with E-state index < -0.39 is 6.10 Å². The van der Waals surface area contributed by atoms with Crippen LogP contribution < -0.4 is 10.1 Å². The van der Waals surface area contributed by atoms with E-state index in [-0.39, 0.29) is 24.5 Å². The summed E-state index contributed by atoms with van der Waals surface area (Å²) in [6, 6.07) is 9.33. The fourth-order valence-electron chi connectivity index (χ4n) is 3.72. The topological polar surface area (TPSA) is 114 Å². The zero-order valence-electron chi connectivity index (χ0n) is 20.0. The standard InChI is InChI=1S/C25H31N5O4/c1-15(2)24-28-23(34-29-24)14-30-12-20(13-30)33-19-6-8-22(26-11-19)21-7-5-18(9-16(21)3)25(32)27-10-17(4)31/h5-9,11,15,17,20,31H,10,12-14H2,1-4H3,(H,27,32)/t17-/m1/s1. The van der Waals surface area contributed by atoms with Gasteiger partial charge in [-0.1, -0.05) is 25.1 Å². The molecule has 9 nitrogen and oxygen atoms in total. The lowest BCUT2D eigenvalue weighted by atomic mass is 10.0. The summed E-state index contributed by atoms with van der Waals surface area (Å²) < 4.78 is 11.3. The molecule has 1 aliphatic heterocycles. The summed E-state index contributed by atoms with van der Waals surface area (Å²) in [4.78, 5) is 23.4. The average Bonchev–Trinajstić information content (AvgIpc) is 3.25. The van der Waals surface area contributed by atoms with Crippen LogP contribution in [0.4, 0.5) is 0 Å². The van der Waals surface area contributed by atoms with Crippen LogP contribution in [0.2, 0.25) is 0 Å². The quantitative estimate of drug-likeness (QED) is 0.496. The van der Waals surface area contributed by atoms with E-state index in [4.69, 9.17) is 9.26 Å². The van der Waals surface area contributed by atoms with Crippen molar-refractivity contribution in [1.82, 2.24) is 25.3 Å². The van der Waals surface area contributed by atoms with E-state index in [2.05, 4.69) is 25.3 Å². The smallest absolute Gasteiger partial charge is 0.251 e. The zero-order chi connectivity index (χ0) is 24.2. The molecular formula is C25H31N5O4. The van der Waals surface area contributed by atoms with Gasteiger partial charge in [-0.3, -0.25) is 14.7 Å². The summed E-state index contributed by atoms with van der Waals surface area (Å²) in [5, 5.41) is 16.0. The second-order valence-electron chi connectivity index (χ2n) is 9.10. The fourth-order valence-corrected chi connectivity index (χ4v) is 3.72. The van der Waals surface area contributed by atoms with Crippen LogP contribution in [0.5, 0.6) is 5.75 Å². The molecule has 34 heavy (non-hydrogen) atoms. The van der Waals surface area contributed by atoms with Gasteiger partial charge in [-0.05, 0) is 43.7 Å². The third-order valence-electron chi connectivity index (χ3n) is 5.64. The van der Waals surface area contributed by atoms with E-state index in [1.165, 1.54) is 0 Å². The Hall–Kier alpha value is -3.30. The second-order valence-corrected chi connectivity index (χ2v) is 9.10. The van der Waals surface area contributed by atoms with Gasteiger partial charge in [0.1, 0.15) is 11.9 Å². The number of aliphatic hydroxyl groups is 1. The predicted octanol–water partition coefficient (Wildman–Crippen LogP) is 2.94. The first-order valence-electron chi connectivity index (χ1n) is 11.5. The summed E-state index contributed by atoms with van der Waals surface area (Å²) in [5.41, 5.74) is 3.27. The van der Waals surface area contributed by atoms with Crippen LogP contribution in [0.15, 0.2) is 41.1 Å². The SMILES string of the molecule is Cc1cc(C(=O)NC[C@@H](C)O)ccc1-c1ccc(OC2CN(Cc3nc(C(C)C)no3)C2)cn1. The molecule has 2 aromatic heterocycles. The molecule has 180 valence electrons. The number of rotatable bonds is 9. The number of carbonyl (C=O) groups is 1. The molecule has 1 fully saturated rings. The molecule has 0 unspecified atom stereocenters. The Balaban J connectivity index is 1.29. The summed E-state index contributed by atoms with van der Waals surface area (Å²) in [6.45, 7) is 10.1. The van der Waals surface area contributed by atoms with Crippen LogP contribution in [0.25, 0.3) is 11.3 Å². The molecule has 9 heteroatoms. The highest BCUT2D eigenvalue weighted by Gasteiger charge is 2.30. The van der Waals surface area contributed by atoms with Gasteiger partial charge in [0.05, 0.1) is 24.5 Å². The second kappa shape index (κ2) is 10.3. The third-order valence-corrected chi connectivity index (χ3v) is 5.64. The molecule has 0 saturated carbocycles. The normalized spacial score (nSPS) is 15.2. The van der Waals surface area contributed by atoms with Crippen molar-refractivity contribution in [3.63, 3.8) is 0 Å². The molecule has 3 heterocycles. The number of aromatic nitrogens is 3. The molecule has 3 aromatic rings. The lowest BCUT2D eigenvalue weighted by Gasteiger charge is -2.37. The summed E-state index contributed by atoms with van der Waals surface area (Å²) in [6.07, 6.45) is 1.25. The maximum atomic E-state index is 12.2. The first-order chi connectivity index (χ1) is 16.3. The molecule has 0 aliphatic carbocycles. The summed E-state index contributed by atoms with van der Waals surface area (Å²) >= 11 is 0. The minimum Gasteiger partial charge on any atom is -0.486 e. The molecule has 0 spiro atoms. The highest BCUT2D eigenvalue weighted by molar-refractivity contribution is 5.95. The van der Waals surface area contributed by atoms with Crippen molar-refractivity contribution in [1.29, 1.82) is 0 Å². The highest BCUT2D eigenvalue weighted by atomic mass is 16.5. The van der Waals surface area contributed by atoms with Gasteiger partial charge in [-0.15, -0.1) is 0 Å². The van der Waals surface area contributed by atoms with Crippen molar-refractivity contribution in [3.05, 3.63) is 59.4 Å². The lowest BCUT2D eigenvalue weighted by molar-refractivity contribution is 0.00844. The number of nitrogens with zero attached hydrogens (tertiary/aromatic N) is 4. The molecule has 0 bridgehead atoms. The van der Waals surface area contributed by atoms with Crippen LogP contribution in [0.3, 0.4) is 0 Å². The molecule has 1 atom stereocenters. The number of amides is 1. The van der Waals surface area contributed by atoms with Crippen LogP contribution in [0.1, 0.15) is 54.3 Å². The molecular weight excluding hydrogens is 434 g/mol. The Kier molecular flexibility index (Phi) is 7.23. The van der Waals surface area contributed by atoms with Crippen LogP contribution in [0, 0.1) is 6.92 Å². The van der Waals surface area contributed by atoms with Crippen LogP contribution in [-0.2, 0) is 6.54 Å². The van der Waals surface area contributed by atoms with E-state index in [9.17, 15) is 9.90 Å². The highest BCUT2D eigenvalue weighted by Crippen LogP contribution is 2.25. The minimum atomic E-state index is -0.583. The number of hydrogen-bond acceptors (Lipinski definition) is 8. The Morgan fingerprint density at radius 3 is 2.68 bits per heavy atom. The summed E-state index contributed by atoms with van der Waals surface area (Å²) in [7, 11) is 0. The predicted molar refractivity (Wildman–Crippen MR) is 127 cm³/mol. The number of ether oxygens (including phenoxy) is 1. The number of carbonyl (C=O) groups excluding carboxylic acids is 1. The molecule has 0 radical (unpaired) electrons. The largest absolute Gasteiger partial charge is 0.486 e. The van der Waals surface area contributed by atoms with Crippen molar-refractivity contribution >= 4 is 5.91 Å². The first kappa shape index (κ1) is 23.8. The lowest BCUT2D eigenvalue weighted by Crippen LogP contribution is -2.53. The molecule has 1 aromatic carbocycles. The Labute approximate surface area is 199 Å². The number of pyridine rings is 1. The van der Waals surface area contributed by atoms with Crippen LogP contribution in [-0.4, -0.2) is 62.9 Å². The first-order valence-corrected chi connectivity index (χ1v) is 11.5. The zero-order valence-corrected chi connectivity index (χ0v) is 20.0. The number of nitrogens with one attached hydrogen (secondary N) is 1. The van der Waals surface area contributed by atoms with E-state index in [1.807, 2.05) is 45.0 Å². The number of likely N-dealkylation sites (tertiary alicyclic amines) is 1. The Morgan fingerprint density at radius 1 is 1.26 bits per heavy atom. The maximum absolute atomic E-state index is 12.2. The molecule has 1 amide bonds. The molecule has 4 rings (SSSR count). The van der Waals surface area contributed by atoms with E-state index in [0.29, 0.717) is 18.0 Å². The minimum absolute atomic E-state index is 0.0984. The Bertz CT molecular complexity index is 1120. The van der Waals surface area contributed by atoms with Gasteiger partial charge in [0, 0.05) is 36.7 Å². The van der Waals surface area contributed by atoms with Gasteiger partial charge in [-0.2, -0.15) is 4.98 Å². The van der Waals surface area contributed by atoms with Crippen molar-refractivity contribution in [2.24, 2.45) is 0 Å². The van der Waals surface area contributed by atoms with Crippen molar-refractivity contribution in [2.75, 3.05) is 19.6 Å². The van der Waals surface area contributed by atoms with Gasteiger partial charge in [0.15, 0.2) is 5.82 Å². The van der Waals surface area contributed by atoms with E-state index >= 15 is 0 Å². The average molecular weight is 466 g/mol. The monoisotopic (exact) mass is 465 g/mol. The fraction of sp³-hybridized carbons (Fsp3) is 0.440. The summed E-state index contributed by atoms with van der Waals surface area (Å²) in [5.74, 6) is 2.14. The van der Waals surface area contributed by atoms with Crippen molar-refractivity contribution < 1.29 is 19.2 Å². The van der Waals surface area contributed by atoms with Gasteiger partial charge >= 0.3 is 0 Å². The molecule has 2 N–H and O–H groups in total. The van der Waals surface area contributed by atoms with Gasteiger partial charge < -0.3 is 19.7 Å². The van der Waals surface area contributed by atoms with E-state index in [1.54, 1.807) is 19.2 Å². The number of hydrogen-bond donors (Lipinski definition) is 2. The number of benzene rings is 1. The van der Waals surface area contributed by atoms with Gasteiger partial charge in [0.2, 0.25) is 5.89 Å². The maximum Gasteiger partial charge on any atom is 0.251 e. The van der Waals surface area contributed by atoms with Crippen molar-refractivity contribution in [2.45, 2.75) is 52.4 Å². The Morgan fingerprint density at radius 2 is 2.06 bits per heavy atom. The molecule has 1 aliphatic rings. The number of aliphatic hydroxyl groups excluding tert-OH is 1.